The predicted octanol–water partition coefficient (Wildman–Crippen LogP) is 3.22. The number of hydrogen-bond donors (Lipinski definition) is 1. The Hall–Kier alpha value is -1.93. The third-order valence-corrected chi connectivity index (χ3v) is 5.34. The summed E-state index contributed by atoms with van der Waals surface area (Å²) in [5.41, 5.74) is -0.728. The molecule has 134 valence electrons. The third kappa shape index (κ3) is 3.04. The van der Waals surface area contributed by atoms with Crippen LogP contribution in [0.25, 0.3) is 10.9 Å². The number of aliphatic hydroxyl groups is 1. The van der Waals surface area contributed by atoms with Gasteiger partial charge in [0, 0.05) is 11.5 Å². The first-order valence-electron chi connectivity index (χ1n) is 8.01. The van der Waals surface area contributed by atoms with E-state index in [0.29, 0.717) is 11.4 Å². The summed E-state index contributed by atoms with van der Waals surface area (Å²) in [5, 5.41) is 9.15. The minimum atomic E-state index is -1.17. The van der Waals surface area contributed by atoms with Crippen molar-refractivity contribution >= 4 is 28.6 Å². The number of halogens is 2. The van der Waals surface area contributed by atoms with Crippen LogP contribution in [0.5, 0.6) is 0 Å². The molecule has 25 heavy (non-hydrogen) atoms. The Labute approximate surface area is 146 Å². The zero-order valence-corrected chi connectivity index (χ0v) is 14.4. The second kappa shape index (κ2) is 7.13. The van der Waals surface area contributed by atoms with Gasteiger partial charge in [0.1, 0.15) is 10.9 Å². The molecule has 1 N–H and O–H groups in total. The molecule has 0 aliphatic carbocycles. The Morgan fingerprint density at radius 2 is 2.04 bits per heavy atom. The van der Waals surface area contributed by atoms with Crippen LogP contribution in [-0.4, -0.2) is 28.9 Å². The third-order valence-electron chi connectivity index (χ3n) is 4.08. The molecule has 0 radical (unpaired) electrons. The highest BCUT2D eigenvalue weighted by Gasteiger charge is 2.35. The van der Waals surface area contributed by atoms with E-state index >= 15 is 0 Å². The lowest BCUT2D eigenvalue weighted by molar-refractivity contribution is 0.0489. The highest BCUT2D eigenvalue weighted by atomic mass is 32.2. The second-order valence-electron chi connectivity index (χ2n) is 5.76. The Bertz CT molecular complexity index is 897. The van der Waals surface area contributed by atoms with Gasteiger partial charge in [-0.15, -0.1) is 0 Å². The smallest absolute Gasteiger partial charge is 0.344 e. The summed E-state index contributed by atoms with van der Waals surface area (Å²) in [6.07, 6.45) is 2.55. The number of pyridine rings is 1. The van der Waals surface area contributed by atoms with Crippen LogP contribution in [0.2, 0.25) is 0 Å². The van der Waals surface area contributed by atoms with Crippen LogP contribution in [0, 0.1) is 11.6 Å². The van der Waals surface area contributed by atoms with E-state index in [1.807, 2.05) is 6.92 Å². The molecule has 1 atom stereocenters. The Morgan fingerprint density at radius 3 is 2.72 bits per heavy atom. The zero-order chi connectivity index (χ0) is 18.1. The van der Waals surface area contributed by atoms with Crippen molar-refractivity contribution in [3.05, 3.63) is 39.6 Å². The Balaban J connectivity index is 2.09. The average molecular weight is 369 g/mol. The number of unbranched alkanes of at least 4 members (excludes halogenated alkanes) is 2. The summed E-state index contributed by atoms with van der Waals surface area (Å²) < 4.78 is 33.8. The number of aromatic nitrogens is 1. The van der Waals surface area contributed by atoms with Crippen molar-refractivity contribution in [2.45, 2.75) is 36.6 Å². The molecule has 0 saturated heterocycles. The molecule has 2 aromatic rings. The van der Waals surface area contributed by atoms with E-state index in [-0.39, 0.29) is 29.7 Å². The quantitative estimate of drug-likeness (QED) is 0.625. The van der Waals surface area contributed by atoms with Gasteiger partial charge in [-0.1, -0.05) is 31.5 Å². The Kier molecular flexibility index (Phi) is 5.10. The van der Waals surface area contributed by atoms with E-state index < -0.39 is 28.4 Å². The normalized spacial score (nSPS) is 15.8. The topological polar surface area (TPSA) is 68.5 Å². The van der Waals surface area contributed by atoms with Crippen LogP contribution in [-0.2, 0) is 4.74 Å². The van der Waals surface area contributed by atoms with Crippen molar-refractivity contribution in [2.75, 3.05) is 13.2 Å². The molecule has 0 amide bonds. The number of benzene rings is 1. The maximum atomic E-state index is 13.6. The lowest BCUT2D eigenvalue weighted by Crippen LogP contribution is -2.31. The summed E-state index contributed by atoms with van der Waals surface area (Å²) in [4.78, 5) is 25.0. The van der Waals surface area contributed by atoms with Crippen LogP contribution in [0.3, 0.4) is 0 Å². The molecule has 0 bridgehead atoms. The van der Waals surface area contributed by atoms with Gasteiger partial charge in [-0.05, 0) is 12.5 Å². The molecule has 0 fully saturated rings. The van der Waals surface area contributed by atoms with Gasteiger partial charge < -0.3 is 14.4 Å². The molecule has 1 aliphatic rings. The number of hydrogen-bond acceptors (Lipinski definition) is 5. The molecule has 3 rings (SSSR count). The van der Waals surface area contributed by atoms with Gasteiger partial charge in [0.05, 0.1) is 23.8 Å². The molecule has 0 saturated carbocycles. The zero-order valence-electron chi connectivity index (χ0n) is 13.6. The number of carbonyl (C=O) groups excluding carboxylic acids is 1. The maximum absolute atomic E-state index is 13.6. The van der Waals surface area contributed by atoms with E-state index in [2.05, 4.69) is 0 Å². The first-order valence-corrected chi connectivity index (χ1v) is 8.89. The standard InChI is InChI=1S/C17H17F2NO4S/c1-2-3-4-5-24-17(23)14-15(22)9-6-10(18)11(19)7-12(9)20-13(8-21)25-16(14)20/h6-7,13,21H,2-5,8H2,1H3. The molecule has 2 heterocycles. The van der Waals surface area contributed by atoms with Crippen LogP contribution in [0.15, 0.2) is 22.0 Å². The van der Waals surface area contributed by atoms with E-state index in [4.69, 9.17) is 4.74 Å². The highest BCUT2D eigenvalue weighted by Crippen LogP contribution is 2.46. The summed E-state index contributed by atoms with van der Waals surface area (Å²) in [5.74, 6) is -3.04. The van der Waals surface area contributed by atoms with Gasteiger partial charge in [-0.25, -0.2) is 13.6 Å². The number of aliphatic hydroxyl groups excluding tert-OH is 1. The van der Waals surface area contributed by atoms with E-state index in [0.717, 1.165) is 36.7 Å². The van der Waals surface area contributed by atoms with Gasteiger partial charge in [0.15, 0.2) is 11.6 Å². The van der Waals surface area contributed by atoms with Crippen molar-refractivity contribution in [1.82, 2.24) is 4.57 Å². The molecule has 1 aliphatic heterocycles. The van der Waals surface area contributed by atoms with Crippen molar-refractivity contribution < 1.29 is 23.4 Å². The van der Waals surface area contributed by atoms with Crippen molar-refractivity contribution in [3.63, 3.8) is 0 Å². The monoisotopic (exact) mass is 369 g/mol. The van der Waals surface area contributed by atoms with Gasteiger partial charge >= 0.3 is 5.97 Å². The van der Waals surface area contributed by atoms with E-state index in [1.54, 1.807) is 0 Å². The maximum Gasteiger partial charge on any atom is 0.344 e. The van der Waals surface area contributed by atoms with Crippen molar-refractivity contribution in [3.8, 4) is 0 Å². The molecule has 1 aromatic heterocycles. The lowest BCUT2D eigenvalue weighted by Gasteiger charge is -2.34. The molecule has 0 spiro atoms. The summed E-state index contributed by atoms with van der Waals surface area (Å²) in [6, 6.07) is 1.69. The SMILES string of the molecule is CCCCCOC(=O)c1c2n(c3cc(F)c(F)cc3c1=O)C(CO)S2. The van der Waals surface area contributed by atoms with Crippen molar-refractivity contribution in [1.29, 1.82) is 0 Å². The summed E-state index contributed by atoms with van der Waals surface area (Å²) in [7, 11) is 0. The average Bonchev–Trinajstić information content (AvgIpc) is 2.56. The number of rotatable bonds is 6. The summed E-state index contributed by atoms with van der Waals surface area (Å²) in [6.45, 7) is 1.94. The minimum Gasteiger partial charge on any atom is -0.462 e. The van der Waals surface area contributed by atoms with Crippen molar-refractivity contribution in [2.24, 2.45) is 0 Å². The van der Waals surface area contributed by atoms with Gasteiger partial charge in [-0.3, -0.25) is 4.79 Å². The number of carbonyl (C=O) groups is 1. The number of fused-ring (bicyclic) bond motifs is 3. The van der Waals surface area contributed by atoms with Gasteiger partial charge in [0.2, 0.25) is 5.43 Å². The molecular weight excluding hydrogens is 352 g/mol. The van der Waals surface area contributed by atoms with E-state index in [9.17, 15) is 23.5 Å². The molecular formula is C17H17F2NO4S. The number of ether oxygens (including phenoxy) is 1. The van der Waals surface area contributed by atoms with Crippen LogP contribution >= 0.6 is 11.8 Å². The highest BCUT2D eigenvalue weighted by molar-refractivity contribution is 8.00. The second-order valence-corrected chi connectivity index (χ2v) is 6.93. The predicted molar refractivity (Wildman–Crippen MR) is 89.9 cm³/mol. The summed E-state index contributed by atoms with van der Waals surface area (Å²) >= 11 is 1.13. The molecule has 1 aromatic carbocycles. The van der Waals surface area contributed by atoms with Gasteiger partial charge in [-0.2, -0.15) is 0 Å². The molecule has 1 unspecified atom stereocenters. The minimum absolute atomic E-state index is 0.109. The largest absolute Gasteiger partial charge is 0.462 e. The Morgan fingerprint density at radius 1 is 1.32 bits per heavy atom. The fourth-order valence-corrected chi connectivity index (χ4v) is 3.93. The van der Waals surface area contributed by atoms with E-state index in [1.165, 1.54) is 4.57 Å². The molecule has 5 nitrogen and oxygen atoms in total. The number of esters is 1. The fourth-order valence-electron chi connectivity index (χ4n) is 2.80. The molecule has 8 heteroatoms. The number of nitrogens with zero attached hydrogens (tertiary/aromatic N) is 1. The van der Waals surface area contributed by atoms with Gasteiger partial charge in [0.25, 0.3) is 0 Å². The first-order chi connectivity index (χ1) is 12.0. The lowest BCUT2D eigenvalue weighted by atomic mass is 10.1. The first kappa shape index (κ1) is 17.9. The number of thioether (sulfide) groups is 1. The van der Waals surface area contributed by atoms with Crippen LogP contribution < -0.4 is 5.43 Å². The fraction of sp³-hybridized carbons (Fsp3) is 0.412. The van der Waals surface area contributed by atoms with Crippen LogP contribution in [0.1, 0.15) is 41.9 Å². The van der Waals surface area contributed by atoms with Crippen LogP contribution in [0.4, 0.5) is 8.78 Å².